The second kappa shape index (κ2) is 4.11. The summed E-state index contributed by atoms with van der Waals surface area (Å²) in [6.07, 6.45) is 3.24. The molecule has 0 amide bonds. The summed E-state index contributed by atoms with van der Waals surface area (Å²) in [6.45, 7) is 0.512. The van der Waals surface area contributed by atoms with Crippen molar-refractivity contribution in [3.63, 3.8) is 0 Å². The summed E-state index contributed by atoms with van der Waals surface area (Å²) in [5, 5.41) is 4.34. The van der Waals surface area contributed by atoms with Crippen LogP contribution in [0.3, 0.4) is 0 Å². The lowest BCUT2D eigenvalue weighted by Gasteiger charge is -2.07. The third kappa shape index (κ3) is 2.70. The molecule has 1 aromatic rings. The quantitative estimate of drug-likeness (QED) is 0.916. The molecule has 0 saturated heterocycles. The first-order chi connectivity index (χ1) is 7.07. The van der Waals surface area contributed by atoms with E-state index < -0.39 is 9.84 Å². The Morgan fingerprint density at radius 3 is 2.93 bits per heavy atom. The number of sulfone groups is 1. The molecule has 0 bridgehead atoms. The van der Waals surface area contributed by atoms with Gasteiger partial charge in [-0.3, -0.25) is 0 Å². The zero-order valence-electron chi connectivity index (χ0n) is 7.81. The van der Waals surface area contributed by atoms with Crippen molar-refractivity contribution in [3.8, 4) is 0 Å². The Kier molecular flexibility index (Phi) is 2.99. The van der Waals surface area contributed by atoms with Crippen LogP contribution in [0, 0.1) is 0 Å². The Balaban J connectivity index is 1.91. The van der Waals surface area contributed by atoms with Gasteiger partial charge in [-0.15, -0.1) is 0 Å². The maximum Gasteiger partial charge on any atom is 0.173 e. The lowest BCUT2D eigenvalue weighted by Crippen LogP contribution is -2.29. The molecule has 0 saturated carbocycles. The Morgan fingerprint density at radius 1 is 1.60 bits per heavy atom. The van der Waals surface area contributed by atoms with Crippen LogP contribution in [-0.2, 0) is 16.4 Å². The zero-order valence-corrected chi connectivity index (χ0v) is 10.2. The van der Waals surface area contributed by atoms with Gasteiger partial charge < -0.3 is 9.73 Å². The first kappa shape index (κ1) is 10.9. The summed E-state index contributed by atoms with van der Waals surface area (Å²) in [4.78, 5) is 0. The van der Waals surface area contributed by atoms with E-state index in [1.54, 1.807) is 18.4 Å². The third-order valence-corrected chi connectivity index (χ3v) is 4.25. The molecule has 1 aliphatic rings. The van der Waals surface area contributed by atoms with Gasteiger partial charge >= 0.3 is 0 Å². The standard InChI is InChI=1S/C9H10BrNO3S/c10-8-1-3-14-9(8)5-11-7-2-4-15(12,13)6-7/h1-4,7,11H,5-6H2. The topological polar surface area (TPSA) is 59.3 Å². The van der Waals surface area contributed by atoms with Crippen molar-refractivity contribution in [1.29, 1.82) is 0 Å². The van der Waals surface area contributed by atoms with Gasteiger partial charge in [0.1, 0.15) is 5.76 Å². The van der Waals surface area contributed by atoms with Gasteiger partial charge in [0, 0.05) is 11.4 Å². The second-order valence-electron chi connectivity index (χ2n) is 3.34. The van der Waals surface area contributed by atoms with Gasteiger partial charge in [0.15, 0.2) is 9.84 Å². The summed E-state index contributed by atoms with van der Waals surface area (Å²) >= 11 is 3.33. The second-order valence-corrected chi connectivity index (χ2v) is 6.12. The van der Waals surface area contributed by atoms with E-state index in [0.717, 1.165) is 10.2 Å². The van der Waals surface area contributed by atoms with Crippen LogP contribution >= 0.6 is 15.9 Å². The van der Waals surface area contributed by atoms with Gasteiger partial charge in [-0.2, -0.15) is 0 Å². The van der Waals surface area contributed by atoms with E-state index in [1.165, 1.54) is 5.41 Å². The number of halogens is 1. The molecule has 1 unspecified atom stereocenters. The van der Waals surface area contributed by atoms with Gasteiger partial charge in [-0.1, -0.05) is 6.08 Å². The predicted molar refractivity (Wildman–Crippen MR) is 60.0 cm³/mol. The molecule has 1 atom stereocenters. The molecule has 82 valence electrons. The fourth-order valence-electron chi connectivity index (χ4n) is 1.38. The van der Waals surface area contributed by atoms with E-state index >= 15 is 0 Å². The SMILES string of the molecule is O=S1(=O)C=CC(NCc2occc2Br)C1. The van der Waals surface area contributed by atoms with Crippen molar-refractivity contribution in [1.82, 2.24) is 5.32 Å². The fourth-order valence-corrected chi connectivity index (χ4v) is 2.99. The molecule has 0 aromatic carbocycles. The van der Waals surface area contributed by atoms with Crippen LogP contribution < -0.4 is 5.32 Å². The summed E-state index contributed by atoms with van der Waals surface area (Å²) < 4.78 is 28.3. The summed E-state index contributed by atoms with van der Waals surface area (Å²) in [5.41, 5.74) is 0. The monoisotopic (exact) mass is 291 g/mol. The number of hydrogen-bond donors (Lipinski definition) is 1. The minimum Gasteiger partial charge on any atom is -0.467 e. The highest BCUT2D eigenvalue weighted by Crippen LogP contribution is 2.17. The van der Waals surface area contributed by atoms with E-state index in [4.69, 9.17) is 4.42 Å². The predicted octanol–water partition coefficient (Wildman–Crippen LogP) is 1.44. The Labute approximate surface area is 96.4 Å². The molecule has 0 fully saturated rings. The Hall–Kier alpha value is -0.590. The van der Waals surface area contributed by atoms with Crippen LogP contribution in [0.15, 0.2) is 32.7 Å². The summed E-state index contributed by atoms with van der Waals surface area (Å²) in [5.74, 6) is 0.901. The normalized spacial score (nSPS) is 23.4. The van der Waals surface area contributed by atoms with E-state index in [0.29, 0.717) is 6.54 Å². The van der Waals surface area contributed by atoms with Crippen molar-refractivity contribution < 1.29 is 12.8 Å². The van der Waals surface area contributed by atoms with Crippen LogP contribution in [0.1, 0.15) is 5.76 Å². The molecule has 0 aliphatic carbocycles. The molecular formula is C9H10BrNO3S. The molecule has 2 rings (SSSR count). The van der Waals surface area contributed by atoms with Crippen LogP contribution in [0.25, 0.3) is 0 Å². The highest BCUT2D eigenvalue weighted by molar-refractivity contribution is 9.10. The van der Waals surface area contributed by atoms with Crippen molar-refractivity contribution in [3.05, 3.63) is 34.0 Å². The number of nitrogens with one attached hydrogen (secondary N) is 1. The van der Waals surface area contributed by atoms with Crippen LogP contribution in [0.2, 0.25) is 0 Å². The van der Waals surface area contributed by atoms with Crippen LogP contribution in [-0.4, -0.2) is 20.2 Å². The Bertz CT molecular complexity index is 477. The minimum absolute atomic E-state index is 0.119. The highest BCUT2D eigenvalue weighted by atomic mass is 79.9. The molecule has 2 heterocycles. The van der Waals surface area contributed by atoms with Gasteiger partial charge in [0.25, 0.3) is 0 Å². The van der Waals surface area contributed by atoms with E-state index in [1.807, 2.05) is 0 Å². The van der Waals surface area contributed by atoms with Crippen molar-refractivity contribution in [2.45, 2.75) is 12.6 Å². The molecule has 0 spiro atoms. The molecular weight excluding hydrogens is 282 g/mol. The van der Waals surface area contributed by atoms with Gasteiger partial charge in [-0.05, 0) is 22.0 Å². The van der Waals surface area contributed by atoms with E-state index in [2.05, 4.69) is 21.2 Å². The van der Waals surface area contributed by atoms with Gasteiger partial charge in [0.2, 0.25) is 0 Å². The number of furan rings is 1. The molecule has 4 nitrogen and oxygen atoms in total. The van der Waals surface area contributed by atoms with E-state index in [-0.39, 0.29) is 11.8 Å². The molecule has 1 aromatic heterocycles. The van der Waals surface area contributed by atoms with Gasteiger partial charge in [-0.25, -0.2) is 8.42 Å². The maximum atomic E-state index is 11.1. The molecule has 15 heavy (non-hydrogen) atoms. The summed E-state index contributed by atoms with van der Waals surface area (Å²) in [6, 6.07) is 1.69. The first-order valence-electron chi connectivity index (χ1n) is 4.43. The lowest BCUT2D eigenvalue weighted by molar-refractivity contribution is 0.472. The Morgan fingerprint density at radius 2 is 2.40 bits per heavy atom. The zero-order chi connectivity index (χ0) is 10.9. The average Bonchev–Trinajstić information content (AvgIpc) is 2.69. The lowest BCUT2D eigenvalue weighted by atomic mass is 10.3. The molecule has 1 aliphatic heterocycles. The maximum absolute atomic E-state index is 11.1. The average molecular weight is 292 g/mol. The fraction of sp³-hybridized carbons (Fsp3) is 0.333. The largest absolute Gasteiger partial charge is 0.467 e. The van der Waals surface area contributed by atoms with Crippen LogP contribution in [0.5, 0.6) is 0 Å². The van der Waals surface area contributed by atoms with E-state index in [9.17, 15) is 8.42 Å². The van der Waals surface area contributed by atoms with Crippen LogP contribution in [0.4, 0.5) is 0 Å². The van der Waals surface area contributed by atoms with Gasteiger partial charge in [0.05, 0.1) is 23.0 Å². The number of hydrogen-bond acceptors (Lipinski definition) is 4. The first-order valence-corrected chi connectivity index (χ1v) is 6.94. The summed E-state index contributed by atoms with van der Waals surface area (Å²) in [7, 11) is -2.98. The molecule has 6 heteroatoms. The van der Waals surface area contributed by atoms with Crippen molar-refractivity contribution in [2.24, 2.45) is 0 Å². The molecule has 0 radical (unpaired) electrons. The van der Waals surface area contributed by atoms with Crippen molar-refractivity contribution in [2.75, 3.05) is 5.75 Å². The van der Waals surface area contributed by atoms with Crippen molar-refractivity contribution >= 4 is 25.8 Å². The smallest absolute Gasteiger partial charge is 0.173 e. The third-order valence-electron chi connectivity index (χ3n) is 2.15. The molecule has 1 N–H and O–H groups in total. The number of rotatable bonds is 3. The minimum atomic E-state index is -2.98. The highest BCUT2D eigenvalue weighted by Gasteiger charge is 2.21.